The first-order chi connectivity index (χ1) is 9.34. The lowest BCUT2D eigenvalue weighted by Gasteiger charge is -2.51. The van der Waals surface area contributed by atoms with Crippen molar-refractivity contribution < 1.29 is 4.74 Å². The number of nitrogens with one attached hydrogen (secondary N) is 1. The van der Waals surface area contributed by atoms with Crippen LogP contribution in [-0.4, -0.2) is 32.3 Å². The lowest BCUT2D eigenvalue weighted by Crippen LogP contribution is -2.62. The van der Waals surface area contributed by atoms with E-state index in [1.807, 2.05) is 6.07 Å². The van der Waals surface area contributed by atoms with E-state index in [0.29, 0.717) is 5.54 Å². The van der Waals surface area contributed by atoms with Crippen LogP contribution in [0.25, 0.3) is 0 Å². The van der Waals surface area contributed by atoms with Crippen LogP contribution < -0.4 is 15.0 Å². The van der Waals surface area contributed by atoms with Crippen LogP contribution in [0.1, 0.15) is 32.1 Å². The second-order valence-corrected chi connectivity index (χ2v) is 5.81. The van der Waals surface area contributed by atoms with Crippen LogP contribution in [-0.2, 0) is 0 Å². The van der Waals surface area contributed by atoms with Gasteiger partial charge in [0.1, 0.15) is 5.75 Å². The molecule has 104 valence electrons. The van der Waals surface area contributed by atoms with Crippen LogP contribution in [0.3, 0.4) is 0 Å². The summed E-state index contributed by atoms with van der Waals surface area (Å²) in [6, 6.07) is 8.54. The summed E-state index contributed by atoms with van der Waals surface area (Å²) in [4.78, 5) is 2.63. The maximum Gasteiger partial charge on any atom is 0.120 e. The fraction of sp³-hybridized carbons (Fsp3) is 0.625. The van der Waals surface area contributed by atoms with Crippen molar-refractivity contribution in [2.75, 3.05) is 31.6 Å². The van der Waals surface area contributed by atoms with Gasteiger partial charge in [-0.3, -0.25) is 0 Å². The fourth-order valence-electron chi connectivity index (χ4n) is 3.68. The van der Waals surface area contributed by atoms with Crippen molar-refractivity contribution in [2.24, 2.45) is 0 Å². The molecule has 1 saturated carbocycles. The molecular formula is C16H24N2O. The number of piperazine rings is 1. The first-order valence-corrected chi connectivity index (χ1v) is 7.46. The number of rotatable bonds is 2. The summed E-state index contributed by atoms with van der Waals surface area (Å²) in [7, 11) is 1.74. The molecular weight excluding hydrogens is 236 g/mol. The van der Waals surface area contributed by atoms with Crippen molar-refractivity contribution in [3.8, 4) is 5.75 Å². The molecule has 1 saturated heterocycles. The van der Waals surface area contributed by atoms with E-state index in [2.05, 4.69) is 28.4 Å². The van der Waals surface area contributed by atoms with Crippen molar-refractivity contribution in [1.82, 2.24) is 5.32 Å². The topological polar surface area (TPSA) is 24.5 Å². The lowest BCUT2D eigenvalue weighted by atomic mass is 9.78. The minimum Gasteiger partial charge on any atom is -0.497 e. The third kappa shape index (κ3) is 2.44. The van der Waals surface area contributed by atoms with Gasteiger partial charge in [-0.2, -0.15) is 0 Å². The van der Waals surface area contributed by atoms with Crippen molar-refractivity contribution in [3.63, 3.8) is 0 Å². The zero-order valence-electron chi connectivity index (χ0n) is 11.8. The van der Waals surface area contributed by atoms with E-state index in [-0.39, 0.29) is 0 Å². The molecule has 3 nitrogen and oxygen atoms in total. The number of nitrogens with zero attached hydrogens (tertiary/aromatic N) is 1. The van der Waals surface area contributed by atoms with Gasteiger partial charge >= 0.3 is 0 Å². The van der Waals surface area contributed by atoms with Gasteiger partial charge in [0.2, 0.25) is 0 Å². The summed E-state index contributed by atoms with van der Waals surface area (Å²) >= 11 is 0. The van der Waals surface area contributed by atoms with Crippen LogP contribution in [0.2, 0.25) is 0 Å². The van der Waals surface area contributed by atoms with E-state index in [4.69, 9.17) is 4.74 Å². The highest BCUT2D eigenvalue weighted by atomic mass is 16.5. The van der Waals surface area contributed by atoms with Crippen LogP contribution in [0, 0.1) is 0 Å². The summed E-state index contributed by atoms with van der Waals surface area (Å²) in [5, 5.41) is 3.60. The molecule has 0 bridgehead atoms. The fourth-order valence-corrected chi connectivity index (χ4v) is 3.68. The maximum absolute atomic E-state index is 5.38. The molecule has 1 heterocycles. The molecule has 0 aromatic heterocycles. The van der Waals surface area contributed by atoms with Gasteiger partial charge in [-0.05, 0) is 25.0 Å². The second kappa shape index (κ2) is 5.41. The number of ether oxygens (including phenoxy) is 1. The molecule has 3 rings (SSSR count). The number of hydrogen-bond acceptors (Lipinski definition) is 3. The molecule has 0 atom stereocenters. The summed E-state index contributed by atoms with van der Waals surface area (Å²) in [5.74, 6) is 0.960. The zero-order chi connectivity index (χ0) is 13.1. The third-order valence-electron chi connectivity index (χ3n) is 4.69. The van der Waals surface area contributed by atoms with E-state index >= 15 is 0 Å². The summed E-state index contributed by atoms with van der Waals surface area (Å²) < 4.78 is 5.38. The predicted octanol–water partition coefficient (Wildman–Crippen LogP) is 2.81. The Balaban J connectivity index is 1.90. The molecule has 1 N–H and O–H groups in total. The Labute approximate surface area is 115 Å². The van der Waals surface area contributed by atoms with Gasteiger partial charge in [0.05, 0.1) is 12.6 Å². The van der Waals surface area contributed by atoms with Gasteiger partial charge in [0.15, 0.2) is 0 Å². The molecule has 0 unspecified atom stereocenters. The van der Waals surface area contributed by atoms with Gasteiger partial charge in [0, 0.05) is 31.4 Å². The SMILES string of the molecule is COc1cccc(N2CCNCC23CCCCC3)c1. The standard InChI is InChI=1S/C16H24N2O/c1-19-15-7-5-6-14(12-15)18-11-10-17-13-16(18)8-3-2-4-9-16/h5-7,12,17H,2-4,8-11,13H2,1H3. The van der Waals surface area contributed by atoms with Gasteiger partial charge in [-0.15, -0.1) is 0 Å². The Kier molecular flexibility index (Phi) is 3.65. The molecule has 1 aromatic carbocycles. The van der Waals surface area contributed by atoms with E-state index in [9.17, 15) is 0 Å². The van der Waals surface area contributed by atoms with E-state index in [0.717, 1.165) is 25.4 Å². The van der Waals surface area contributed by atoms with Crippen LogP contribution in [0.15, 0.2) is 24.3 Å². The van der Waals surface area contributed by atoms with E-state index in [1.165, 1.54) is 37.8 Å². The first-order valence-electron chi connectivity index (χ1n) is 7.46. The highest BCUT2D eigenvalue weighted by molar-refractivity contribution is 5.53. The largest absolute Gasteiger partial charge is 0.497 e. The summed E-state index contributed by atoms with van der Waals surface area (Å²) in [6.07, 6.45) is 6.76. The predicted molar refractivity (Wildman–Crippen MR) is 79.0 cm³/mol. The lowest BCUT2D eigenvalue weighted by molar-refractivity contribution is 0.241. The molecule has 0 radical (unpaired) electrons. The monoisotopic (exact) mass is 260 g/mol. The van der Waals surface area contributed by atoms with Crippen molar-refractivity contribution >= 4 is 5.69 Å². The smallest absolute Gasteiger partial charge is 0.120 e. The quantitative estimate of drug-likeness (QED) is 0.885. The van der Waals surface area contributed by atoms with E-state index < -0.39 is 0 Å². The highest BCUT2D eigenvalue weighted by Crippen LogP contribution is 2.38. The van der Waals surface area contributed by atoms with Crippen molar-refractivity contribution in [1.29, 1.82) is 0 Å². The molecule has 1 aromatic rings. The molecule has 1 aliphatic carbocycles. The van der Waals surface area contributed by atoms with Crippen molar-refractivity contribution in [2.45, 2.75) is 37.6 Å². The molecule has 2 aliphatic rings. The molecule has 1 aliphatic heterocycles. The van der Waals surface area contributed by atoms with E-state index in [1.54, 1.807) is 7.11 Å². The Hall–Kier alpha value is -1.22. The molecule has 2 fully saturated rings. The Morgan fingerprint density at radius 1 is 1.21 bits per heavy atom. The minimum absolute atomic E-state index is 0.336. The van der Waals surface area contributed by atoms with Crippen LogP contribution >= 0.6 is 0 Å². The number of benzene rings is 1. The van der Waals surface area contributed by atoms with Crippen LogP contribution in [0.5, 0.6) is 5.75 Å². The Morgan fingerprint density at radius 2 is 2.05 bits per heavy atom. The normalized spacial score (nSPS) is 22.5. The molecule has 19 heavy (non-hydrogen) atoms. The van der Waals surface area contributed by atoms with Gasteiger partial charge in [-0.25, -0.2) is 0 Å². The maximum atomic E-state index is 5.38. The number of hydrogen-bond donors (Lipinski definition) is 1. The zero-order valence-corrected chi connectivity index (χ0v) is 11.8. The molecule has 0 amide bonds. The summed E-state index contributed by atoms with van der Waals surface area (Å²) in [6.45, 7) is 3.32. The minimum atomic E-state index is 0.336. The molecule has 1 spiro atoms. The molecule has 3 heteroatoms. The average molecular weight is 260 g/mol. The number of anilines is 1. The van der Waals surface area contributed by atoms with Crippen molar-refractivity contribution in [3.05, 3.63) is 24.3 Å². The van der Waals surface area contributed by atoms with Gasteiger partial charge in [-0.1, -0.05) is 25.3 Å². The Bertz CT molecular complexity index is 418. The van der Waals surface area contributed by atoms with Gasteiger partial charge in [0.25, 0.3) is 0 Å². The number of methoxy groups -OCH3 is 1. The third-order valence-corrected chi connectivity index (χ3v) is 4.69. The highest BCUT2D eigenvalue weighted by Gasteiger charge is 2.39. The summed E-state index contributed by atoms with van der Waals surface area (Å²) in [5.41, 5.74) is 1.66. The first kappa shape index (κ1) is 12.8. The Morgan fingerprint density at radius 3 is 2.84 bits per heavy atom. The average Bonchev–Trinajstić information content (AvgIpc) is 2.49. The second-order valence-electron chi connectivity index (χ2n) is 5.81. The van der Waals surface area contributed by atoms with Crippen LogP contribution in [0.4, 0.5) is 5.69 Å². The van der Waals surface area contributed by atoms with Gasteiger partial charge < -0.3 is 15.0 Å².